The van der Waals surface area contributed by atoms with Crippen LogP contribution in [0.25, 0.3) is 0 Å². The van der Waals surface area contributed by atoms with Crippen LogP contribution in [0.5, 0.6) is 5.75 Å². The number of rotatable bonds is 2. The number of halogens is 1. The maximum Gasteiger partial charge on any atom is 0.254 e. The van der Waals surface area contributed by atoms with Gasteiger partial charge in [-0.25, -0.2) is 0 Å². The molecule has 0 aromatic heterocycles. The Hall–Kier alpha value is -1.03. The van der Waals surface area contributed by atoms with Crippen LogP contribution in [-0.4, -0.2) is 20.1 Å². The smallest absolute Gasteiger partial charge is 0.254 e. The number of carbonyl (C=O) groups is 1. The first-order valence-electron chi connectivity index (χ1n) is 3.74. The lowest BCUT2D eigenvalue weighted by Gasteiger charge is -2.06. The minimum absolute atomic E-state index is 0.149. The van der Waals surface area contributed by atoms with Crippen molar-refractivity contribution in [1.82, 2.24) is 5.32 Å². The lowest BCUT2D eigenvalue weighted by molar-refractivity contribution is 0.0960. The zero-order valence-corrected chi connectivity index (χ0v) is 9.01. The van der Waals surface area contributed by atoms with E-state index in [4.69, 9.17) is 4.74 Å². The van der Waals surface area contributed by atoms with Gasteiger partial charge in [0, 0.05) is 11.5 Å². The molecule has 0 radical (unpaired) electrons. The molecule has 0 fully saturated rings. The van der Waals surface area contributed by atoms with Crippen LogP contribution >= 0.6 is 15.9 Å². The van der Waals surface area contributed by atoms with Crippen LogP contribution in [0.1, 0.15) is 10.4 Å². The Morgan fingerprint density at radius 1 is 1.54 bits per heavy atom. The monoisotopic (exact) mass is 243 g/mol. The van der Waals surface area contributed by atoms with Crippen molar-refractivity contribution in [2.75, 3.05) is 14.2 Å². The molecule has 70 valence electrons. The van der Waals surface area contributed by atoms with Crippen molar-refractivity contribution in [2.45, 2.75) is 0 Å². The quantitative estimate of drug-likeness (QED) is 0.861. The number of hydrogen-bond acceptors (Lipinski definition) is 2. The van der Waals surface area contributed by atoms with E-state index in [1.165, 1.54) is 7.11 Å². The summed E-state index contributed by atoms with van der Waals surface area (Å²) in [6.45, 7) is 0. The van der Waals surface area contributed by atoms with Gasteiger partial charge in [0.1, 0.15) is 5.75 Å². The summed E-state index contributed by atoms with van der Waals surface area (Å²) in [5, 5.41) is 2.54. The zero-order valence-electron chi connectivity index (χ0n) is 7.43. The lowest BCUT2D eigenvalue weighted by atomic mass is 10.2. The van der Waals surface area contributed by atoms with Crippen molar-refractivity contribution >= 4 is 21.8 Å². The summed E-state index contributed by atoms with van der Waals surface area (Å²) in [6.07, 6.45) is 0. The fourth-order valence-corrected chi connectivity index (χ4v) is 1.33. The summed E-state index contributed by atoms with van der Waals surface area (Å²) in [7, 11) is 3.12. The van der Waals surface area contributed by atoms with Gasteiger partial charge in [-0.15, -0.1) is 0 Å². The molecular formula is C9H10BrNO2. The van der Waals surface area contributed by atoms with E-state index in [1.807, 2.05) is 0 Å². The number of amides is 1. The summed E-state index contributed by atoms with van der Waals surface area (Å²) in [5.74, 6) is 0.415. The Kier molecular flexibility index (Phi) is 3.31. The van der Waals surface area contributed by atoms with Gasteiger partial charge >= 0.3 is 0 Å². The summed E-state index contributed by atoms with van der Waals surface area (Å²) < 4.78 is 5.94. The van der Waals surface area contributed by atoms with Crippen LogP contribution in [0.3, 0.4) is 0 Å². The predicted octanol–water partition coefficient (Wildman–Crippen LogP) is 1.82. The summed E-state index contributed by atoms with van der Waals surface area (Å²) in [4.78, 5) is 11.3. The van der Waals surface area contributed by atoms with Gasteiger partial charge in [-0.05, 0) is 18.2 Å². The zero-order chi connectivity index (χ0) is 9.84. The average Bonchev–Trinajstić information content (AvgIpc) is 2.16. The minimum atomic E-state index is -0.149. The molecule has 0 spiro atoms. The molecule has 0 aliphatic carbocycles. The molecule has 1 amide bonds. The van der Waals surface area contributed by atoms with E-state index in [1.54, 1.807) is 25.2 Å². The van der Waals surface area contributed by atoms with Crippen LogP contribution in [-0.2, 0) is 0 Å². The van der Waals surface area contributed by atoms with Crippen molar-refractivity contribution in [3.63, 3.8) is 0 Å². The van der Waals surface area contributed by atoms with Crippen LogP contribution in [0.15, 0.2) is 22.7 Å². The molecule has 0 unspecified atom stereocenters. The van der Waals surface area contributed by atoms with E-state index < -0.39 is 0 Å². The standard InChI is InChI=1S/C9H10BrNO2/c1-11-9(12)7-4-3-6(10)5-8(7)13-2/h3-5H,1-2H3,(H,11,12). The molecule has 0 aliphatic rings. The van der Waals surface area contributed by atoms with Crippen molar-refractivity contribution in [2.24, 2.45) is 0 Å². The second-order valence-electron chi connectivity index (χ2n) is 2.42. The molecule has 0 atom stereocenters. The third-order valence-electron chi connectivity index (χ3n) is 1.64. The highest BCUT2D eigenvalue weighted by Gasteiger charge is 2.09. The average molecular weight is 244 g/mol. The SMILES string of the molecule is CNC(=O)c1ccc(Br)cc1OC. The number of benzene rings is 1. The van der Waals surface area contributed by atoms with Gasteiger partial charge in [-0.1, -0.05) is 15.9 Å². The molecule has 3 nitrogen and oxygen atoms in total. The van der Waals surface area contributed by atoms with Crippen molar-refractivity contribution in [3.05, 3.63) is 28.2 Å². The van der Waals surface area contributed by atoms with Crippen LogP contribution < -0.4 is 10.1 Å². The minimum Gasteiger partial charge on any atom is -0.496 e. The third-order valence-corrected chi connectivity index (χ3v) is 2.13. The highest BCUT2D eigenvalue weighted by molar-refractivity contribution is 9.10. The normalized spacial score (nSPS) is 9.46. The first-order chi connectivity index (χ1) is 6.19. The highest BCUT2D eigenvalue weighted by atomic mass is 79.9. The van der Waals surface area contributed by atoms with Gasteiger partial charge < -0.3 is 10.1 Å². The van der Waals surface area contributed by atoms with E-state index in [9.17, 15) is 4.79 Å². The predicted molar refractivity (Wildman–Crippen MR) is 54.1 cm³/mol. The van der Waals surface area contributed by atoms with Gasteiger partial charge in [0.05, 0.1) is 12.7 Å². The van der Waals surface area contributed by atoms with Crippen LogP contribution in [0.4, 0.5) is 0 Å². The maximum atomic E-state index is 11.3. The second-order valence-corrected chi connectivity index (χ2v) is 3.34. The number of methoxy groups -OCH3 is 1. The van der Waals surface area contributed by atoms with Gasteiger partial charge in [0.2, 0.25) is 0 Å². The number of nitrogens with one attached hydrogen (secondary N) is 1. The number of carbonyl (C=O) groups excluding carboxylic acids is 1. The van der Waals surface area contributed by atoms with Gasteiger partial charge in [-0.3, -0.25) is 4.79 Å². The molecule has 0 saturated carbocycles. The van der Waals surface area contributed by atoms with Crippen LogP contribution in [0.2, 0.25) is 0 Å². The molecule has 0 bridgehead atoms. The molecule has 1 rings (SSSR count). The fraction of sp³-hybridized carbons (Fsp3) is 0.222. The first-order valence-corrected chi connectivity index (χ1v) is 4.54. The Morgan fingerprint density at radius 3 is 2.77 bits per heavy atom. The second kappa shape index (κ2) is 4.28. The number of ether oxygens (including phenoxy) is 1. The molecular weight excluding hydrogens is 234 g/mol. The van der Waals surface area contributed by atoms with E-state index in [2.05, 4.69) is 21.2 Å². The summed E-state index contributed by atoms with van der Waals surface area (Å²) in [5.41, 5.74) is 0.535. The highest BCUT2D eigenvalue weighted by Crippen LogP contribution is 2.23. The van der Waals surface area contributed by atoms with Crippen LogP contribution in [0, 0.1) is 0 Å². The molecule has 0 aliphatic heterocycles. The first kappa shape index (κ1) is 10.1. The molecule has 0 saturated heterocycles. The summed E-state index contributed by atoms with van der Waals surface area (Å²) >= 11 is 3.30. The molecule has 13 heavy (non-hydrogen) atoms. The Balaban J connectivity index is 3.13. The van der Waals surface area contributed by atoms with E-state index in [0.717, 1.165) is 4.47 Å². The number of hydrogen-bond donors (Lipinski definition) is 1. The Morgan fingerprint density at radius 2 is 2.23 bits per heavy atom. The van der Waals surface area contributed by atoms with E-state index >= 15 is 0 Å². The van der Waals surface area contributed by atoms with Gasteiger partial charge in [0.15, 0.2) is 0 Å². The van der Waals surface area contributed by atoms with Crippen molar-refractivity contribution in [1.29, 1.82) is 0 Å². The Labute approximate surface area is 85.2 Å². The Bertz CT molecular complexity index is 325. The van der Waals surface area contributed by atoms with E-state index in [0.29, 0.717) is 11.3 Å². The maximum absolute atomic E-state index is 11.3. The van der Waals surface area contributed by atoms with Gasteiger partial charge in [-0.2, -0.15) is 0 Å². The van der Waals surface area contributed by atoms with Gasteiger partial charge in [0.25, 0.3) is 5.91 Å². The molecule has 0 heterocycles. The van der Waals surface area contributed by atoms with Crippen molar-refractivity contribution < 1.29 is 9.53 Å². The van der Waals surface area contributed by atoms with E-state index in [-0.39, 0.29) is 5.91 Å². The molecule has 1 N–H and O–H groups in total. The topological polar surface area (TPSA) is 38.3 Å². The molecule has 4 heteroatoms. The van der Waals surface area contributed by atoms with Crippen molar-refractivity contribution in [3.8, 4) is 5.75 Å². The fourth-order valence-electron chi connectivity index (χ4n) is 0.987. The summed E-state index contributed by atoms with van der Waals surface area (Å²) in [6, 6.07) is 5.26. The molecule has 1 aromatic rings. The lowest BCUT2D eigenvalue weighted by Crippen LogP contribution is -2.18. The largest absolute Gasteiger partial charge is 0.496 e. The third kappa shape index (κ3) is 2.21. The molecule has 1 aromatic carbocycles.